The minimum atomic E-state index is -0.726. The van der Waals surface area contributed by atoms with Gasteiger partial charge in [-0.3, -0.25) is 4.79 Å². The first-order chi connectivity index (χ1) is 7.16. The van der Waals surface area contributed by atoms with E-state index < -0.39 is 12.0 Å². The fourth-order valence-electron chi connectivity index (χ4n) is 1.22. The Balaban J connectivity index is 2.68. The molecule has 0 unspecified atom stereocenters. The monoisotopic (exact) mass is 225 g/mol. The summed E-state index contributed by atoms with van der Waals surface area (Å²) in [5.74, 6) is -0.415. The third kappa shape index (κ3) is 3.25. The summed E-state index contributed by atoms with van der Waals surface area (Å²) in [5.41, 5.74) is 6.65. The second kappa shape index (κ2) is 5.78. The number of hydrogen-bond acceptors (Lipinski definition) is 4. The van der Waals surface area contributed by atoms with Crippen molar-refractivity contribution in [2.75, 3.05) is 6.61 Å². The molecule has 0 aliphatic heterocycles. The molecule has 0 aliphatic carbocycles. The highest BCUT2D eigenvalue weighted by Gasteiger charge is 2.23. The van der Waals surface area contributed by atoms with Crippen molar-refractivity contribution in [2.24, 2.45) is 5.73 Å². The fraction of sp³-hybridized carbons (Fsp3) is 0.364. The number of thiol groups is 1. The average molecular weight is 225 g/mol. The molecule has 82 valence electrons. The maximum atomic E-state index is 11.4. The van der Waals surface area contributed by atoms with Crippen LogP contribution in [0.1, 0.15) is 17.7 Å². The van der Waals surface area contributed by atoms with Gasteiger partial charge in [0.2, 0.25) is 0 Å². The van der Waals surface area contributed by atoms with Crippen molar-refractivity contribution in [1.29, 1.82) is 0 Å². The first-order valence-electron chi connectivity index (χ1n) is 4.82. The molecule has 0 aromatic heterocycles. The van der Waals surface area contributed by atoms with E-state index in [0.29, 0.717) is 6.61 Å². The molecule has 2 atom stereocenters. The molecular weight excluding hydrogens is 210 g/mol. The molecule has 0 saturated heterocycles. The highest BCUT2D eigenvalue weighted by molar-refractivity contribution is 7.80. The summed E-state index contributed by atoms with van der Waals surface area (Å²) >= 11 is 4.32. The molecule has 0 aliphatic rings. The highest BCUT2D eigenvalue weighted by Crippen LogP contribution is 2.22. The number of hydrogen-bond donors (Lipinski definition) is 2. The van der Waals surface area contributed by atoms with Crippen LogP contribution in [0.5, 0.6) is 0 Å². The Hall–Kier alpha value is -1.00. The third-order valence-corrected chi connectivity index (χ3v) is 2.66. The van der Waals surface area contributed by atoms with Crippen LogP contribution in [0.15, 0.2) is 30.3 Å². The topological polar surface area (TPSA) is 52.3 Å². The van der Waals surface area contributed by atoms with Crippen LogP contribution in [-0.2, 0) is 9.53 Å². The Morgan fingerprint density at radius 3 is 2.60 bits per heavy atom. The van der Waals surface area contributed by atoms with Gasteiger partial charge in [0.25, 0.3) is 0 Å². The minimum absolute atomic E-state index is 0.328. The number of carbonyl (C=O) groups is 1. The van der Waals surface area contributed by atoms with Crippen molar-refractivity contribution < 1.29 is 9.53 Å². The molecule has 3 nitrogen and oxygen atoms in total. The molecule has 2 N–H and O–H groups in total. The van der Waals surface area contributed by atoms with Gasteiger partial charge >= 0.3 is 5.97 Å². The lowest BCUT2D eigenvalue weighted by molar-refractivity contribution is -0.144. The molecule has 1 rings (SSSR count). The van der Waals surface area contributed by atoms with E-state index in [0.717, 1.165) is 5.56 Å². The van der Waals surface area contributed by atoms with Crippen LogP contribution in [-0.4, -0.2) is 18.6 Å². The summed E-state index contributed by atoms with van der Waals surface area (Å²) in [6, 6.07) is 8.72. The van der Waals surface area contributed by atoms with Crippen LogP contribution in [0, 0.1) is 0 Å². The van der Waals surface area contributed by atoms with E-state index in [2.05, 4.69) is 12.6 Å². The smallest absolute Gasteiger partial charge is 0.324 e. The van der Waals surface area contributed by atoms with Gasteiger partial charge in [-0.25, -0.2) is 0 Å². The second-order valence-corrected chi connectivity index (χ2v) is 3.69. The standard InChI is InChI=1S/C11H15NO2S/c1-2-14-11(13)9(12)10(15)8-6-4-3-5-7-8/h3-7,9-10,15H,2,12H2,1H3/t9-,10-/m1/s1. The van der Waals surface area contributed by atoms with Gasteiger partial charge < -0.3 is 10.5 Å². The molecule has 0 bridgehead atoms. The fourth-order valence-corrected chi connectivity index (χ4v) is 1.52. The van der Waals surface area contributed by atoms with Gasteiger partial charge in [-0.15, -0.1) is 0 Å². The average Bonchev–Trinajstić information content (AvgIpc) is 2.28. The lowest BCUT2D eigenvalue weighted by Gasteiger charge is -2.17. The van der Waals surface area contributed by atoms with E-state index in [1.165, 1.54) is 0 Å². The molecular formula is C11H15NO2S. The van der Waals surface area contributed by atoms with E-state index in [1.54, 1.807) is 6.92 Å². The van der Waals surface area contributed by atoms with Crippen molar-refractivity contribution in [3.63, 3.8) is 0 Å². The van der Waals surface area contributed by atoms with Gasteiger partial charge in [0, 0.05) is 0 Å². The predicted molar refractivity (Wildman–Crippen MR) is 62.8 cm³/mol. The first-order valence-corrected chi connectivity index (χ1v) is 5.33. The third-order valence-electron chi connectivity index (χ3n) is 2.04. The summed E-state index contributed by atoms with van der Waals surface area (Å²) in [6.07, 6.45) is 0. The van der Waals surface area contributed by atoms with Crippen LogP contribution in [0.4, 0.5) is 0 Å². The van der Waals surface area contributed by atoms with E-state index in [9.17, 15) is 4.79 Å². The van der Waals surface area contributed by atoms with Crippen molar-refractivity contribution >= 4 is 18.6 Å². The van der Waals surface area contributed by atoms with Gasteiger partial charge in [-0.05, 0) is 12.5 Å². The number of ether oxygens (including phenoxy) is 1. The highest BCUT2D eigenvalue weighted by atomic mass is 32.1. The van der Waals surface area contributed by atoms with Crippen molar-refractivity contribution in [1.82, 2.24) is 0 Å². The number of nitrogens with two attached hydrogens (primary N) is 1. The normalized spacial score (nSPS) is 14.3. The van der Waals surface area contributed by atoms with Crippen LogP contribution in [0.3, 0.4) is 0 Å². The molecule has 0 fully saturated rings. The van der Waals surface area contributed by atoms with Gasteiger partial charge in [-0.1, -0.05) is 30.3 Å². The quantitative estimate of drug-likeness (QED) is 0.604. The Morgan fingerprint density at radius 2 is 2.07 bits per heavy atom. The van der Waals surface area contributed by atoms with Crippen molar-refractivity contribution in [2.45, 2.75) is 18.2 Å². The van der Waals surface area contributed by atoms with E-state index >= 15 is 0 Å². The number of benzene rings is 1. The summed E-state index contributed by atoms with van der Waals surface area (Å²) in [5, 5.41) is -0.328. The maximum absolute atomic E-state index is 11.4. The van der Waals surface area contributed by atoms with Crippen LogP contribution >= 0.6 is 12.6 Å². The van der Waals surface area contributed by atoms with E-state index in [4.69, 9.17) is 10.5 Å². The molecule has 0 saturated carbocycles. The van der Waals surface area contributed by atoms with Gasteiger partial charge in [0.05, 0.1) is 11.9 Å². The molecule has 4 heteroatoms. The van der Waals surface area contributed by atoms with Crippen LogP contribution in [0.25, 0.3) is 0 Å². The summed E-state index contributed by atoms with van der Waals surface area (Å²) in [6.45, 7) is 2.09. The SMILES string of the molecule is CCOC(=O)[C@H](N)[C@H](S)c1ccccc1. The van der Waals surface area contributed by atoms with E-state index in [1.807, 2.05) is 30.3 Å². The van der Waals surface area contributed by atoms with Crippen molar-refractivity contribution in [3.8, 4) is 0 Å². The lowest BCUT2D eigenvalue weighted by Crippen LogP contribution is -2.36. The summed E-state index contributed by atoms with van der Waals surface area (Å²) in [7, 11) is 0. The summed E-state index contributed by atoms with van der Waals surface area (Å²) < 4.78 is 4.83. The molecule has 0 heterocycles. The molecule has 15 heavy (non-hydrogen) atoms. The zero-order valence-electron chi connectivity index (χ0n) is 8.59. The van der Waals surface area contributed by atoms with Gasteiger partial charge in [0.1, 0.15) is 6.04 Å². The van der Waals surface area contributed by atoms with E-state index in [-0.39, 0.29) is 5.25 Å². The Morgan fingerprint density at radius 1 is 1.47 bits per heavy atom. The van der Waals surface area contributed by atoms with Crippen LogP contribution < -0.4 is 5.73 Å². The molecule has 0 spiro atoms. The first kappa shape index (κ1) is 12.1. The number of rotatable bonds is 4. The maximum Gasteiger partial charge on any atom is 0.324 e. The van der Waals surface area contributed by atoms with Gasteiger partial charge in [0.15, 0.2) is 0 Å². The largest absolute Gasteiger partial charge is 0.465 e. The molecule has 0 amide bonds. The second-order valence-electron chi connectivity index (χ2n) is 3.13. The van der Waals surface area contributed by atoms with Crippen molar-refractivity contribution in [3.05, 3.63) is 35.9 Å². The Labute approximate surface area is 95.0 Å². The molecule has 1 aromatic rings. The van der Waals surface area contributed by atoms with Crippen LogP contribution in [0.2, 0.25) is 0 Å². The molecule has 1 aromatic carbocycles. The lowest BCUT2D eigenvalue weighted by atomic mass is 10.1. The summed E-state index contributed by atoms with van der Waals surface area (Å²) in [4.78, 5) is 11.4. The Kier molecular flexibility index (Phi) is 4.65. The minimum Gasteiger partial charge on any atom is -0.465 e. The number of carbonyl (C=O) groups excluding carboxylic acids is 1. The predicted octanol–water partition coefficient (Wildman–Crippen LogP) is 1.55. The van der Waals surface area contributed by atoms with Gasteiger partial charge in [-0.2, -0.15) is 12.6 Å². The molecule has 0 radical (unpaired) electrons. The number of esters is 1. The Bertz CT molecular complexity index is 316. The zero-order valence-corrected chi connectivity index (χ0v) is 9.48. The zero-order chi connectivity index (χ0) is 11.3.